The standard InChI is InChI=1S/C18H15N5O3/c1-26-16(24)10-20-17(25)12-4-7-14-15(8-12)23-18(22-14)21-13-5-2-11(9-19)3-6-13/h2-8H,10H2,1H3,(H,20,25)(H2,21,22,23). The molecule has 0 spiro atoms. The first kappa shape index (κ1) is 17.0. The summed E-state index contributed by atoms with van der Waals surface area (Å²) in [6.07, 6.45) is 0. The summed E-state index contributed by atoms with van der Waals surface area (Å²) in [5.74, 6) is -0.396. The van der Waals surface area contributed by atoms with Crippen molar-refractivity contribution in [2.45, 2.75) is 0 Å². The fraction of sp³-hybridized carbons (Fsp3) is 0.111. The van der Waals surface area contributed by atoms with Crippen LogP contribution in [0.3, 0.4) is 0 Å². The molecule has 1 amide bonds. The second kappa shape index (κ2) is 7.36. The van der Waals surface area contributed by atoms with Gasteiger partial charge in [-0.05, 0) is 42.5 Å². The van der Waals surface area contributed by atoms with Crippen molar-refractivity contribution in [3.05, 3.63) is 53.6 Å². The highest BCUT2D eigenvalue weighted by Gasteiger charge is 2.11. The quantitative estimate of drug-likeness (QED) is 0.607. The Balaban J connectivity index is 1.75. The van der Waals surface area contributed by atoms with Crippen molar-refractivity contribution in [1.29, 1.82) is 5.26 Å². The number of carbonyl (C=O) groups excluding carboxylic acids is 2. The number of methoxy groups -OCH3 is 1. The van der Waals surface area contributed by atoms with Gasteiger partial charge in [-0.3, -0.25) is 9.59 Å². The number of anilines is 2. The van der Waals surface area contributed by atoms with Crippen LogP contribution in [0.4, 0.5) is 11.6 Å². The summed E-state index contributed by atoms with van der Waals surface area (Å²) in [6.45, 7) is -0.195. The van der Waals surface area contributed by atoms with Crippen LogP contribution < -0.4 is 10.6 Å². The predicted molar refractivity (Wildman–Crippen MR) is 94.9 cm³/mol. The second-order valence-electron chi connectivity index (χ2n) is 5.39. The molecule has 0 aliphatic heterocycles. The number of fused-ring (bicyclic) bond motifs is 1. The Morgan fingerprint density at radius 2 is 2.00 bits per heavy atom. The van der Waals surface area contributed by atoms with Crippen LogP contribution in [0.25, 0.3) is 11.0 Å². The van der Waals surface area contributed by atoms with Gasteiger partial charge in [-0.15, -0.1) is 0 Å². The van der Waals surface area contributed by atoms with Gasteiger partial charge in [0.15, 0.2) is 0 Å². The van der Waals surface area contributed by atoms with Crippen LogP contribution in [0.1, 0.15) is 15.9 Å². The first-order chi connectivity index (χ1) is 12.6. The van der Waals surface area contributed by atoms with Gasteiger partial charge in [0.25, 0.3) is 5.91 Å². The number of amides is 1. The van der Waals surface area contributed by atoms with Crippen LogP contribution in [0.15, 0.2) is 42.5 Å². The molecule has 3 N–H and O–H groups in total. The van der Waals surface area contributed by atoms with E-state index in [-0.39, 0.29) is 12.5 Å². The Bertz CT molecular complexity index is 1000. The first-order valence-corrected chi connectivity index (χ1v) is 7.71. The number of nitriles is 1. The summed E-state index contributed by atoms with van der Waals surface area (Å²) in [4.78, 5) is 30.7. The van der Waals surface area contributed by atoms with E-state index in [1.807, 2.05) is 0 Å². The molecule has 0 fully saturated rings. The van der Waals surface area contributed by atoms with Crippen LogP contribution >= 0.6 is 0 Å². The number of ether oxygens (including phenoxy) is 1. The van der Waals surface area contributed by atoms with Gasteiger partial charge in [0.05, 0.1) is 29.8 Å². The van der Waals surface area contributed by atoms with E-state index in [1.165, 1.54) is 7.11 Å². The topological polar surface area (TPSA) is 120 Å². The summed E-state index contributed by atoms with van der Waals surface area (Å²) in [7, 11) is 1.26. The predicted octanol–water partition coefficient (Wildman–Crippen LogP) is 2.08. The zero-order chi connectivity index (χ0) is 18.5. The van der Waals surface area contributed by atoms with Crippen LogP contribution in [0.5, 0.6) is 0 Å². The van der Waals surface area contributed by atoms with Gasteiger partial charge >= 0.3 is 5.97 Å². The lowest BCUT2D eigenvalue weighted by Gasteiger charge is -2.03. The van der Waals surface area contributed by atoms with E-state index in [2.05, 4.69) is 31.4 Å². The third-order valence-electron chi connectivity index (χ3n) is 3.64. The molecule has 1 heterocycles. The van der Waals surface area contributed by atoms with Gasteiger partial charge in [-0.1, -0.05) is 0 Å². The molecule has 1 aromatic heterocycles. The summed E-state index contributed by atoms with van der Waals surface area (Å²) in [5, 5.41) is 14.4. The molecule has 0 aliphatic rings. The monoisotopic (exact) mass is 349 g/mol. The van der Waals surface area contributed by atoms with E-state index < -0.39 is 5.97 Å². The molecule has 8 nitrogen and oxygen atoms in total. The summed E-state index contributed by atoms with van der Waals surface area (Å²) < 4.78 is 4.48. The van der Waals surface area contributed by atoms with Crippen molar-refractivity contribution in [1.82, 2.24) is 15.3 Å². The molecule has 3 rings (SSSR count). The number of carbonyl (C=O) groups is 2. The van der Waals surface area contributed by atoms with Crippen molar-refractivity contribution in [2.75, 3.05) is 19.0 Å². The van der Waals surface area contributed by atoms with E-state index in [0.717, 1.165) is 11.2 Å². The van der Waals surface area contributed by atoms with E-state index in [1.54, 1.807) is 42.5 Å². The molecule has 0 radical (unpaired) electrons. The molecule has 0 unspecified atom stereocenters. The van der Waals surface area contributed by atoms with E-state index >= 15 is 0 Å². The minimum Gasteiger partial charge on any atom is -0.468 e. The average Bonchev–Trinajstić information content (AvgIpc) is 3.07. The van der Waals surface area contributed by atoms with Crippen LogP contribution in [-0.4, -0.2) is 35.5 Å². The summed E-state index contributed by atoms with van der Waals surface area (Å²) in [5.41, 5.74) is 3.09. The SMILES string of the molecule is COC(=O)CNC(=O)c1ccc2[nH]c(Nc3ccc(C#N)cc3)nc2c1. The Morgan fingerprint density at radius 1 is 1.23 bits per heavy atom. The maximum absolute atomic E-state index is 12.1. The van der Waals surface area contributed by atoms with Crippen molar-refractivity contribution in [3.63, 3.8) is 0 Å². The first-order valence-electron chi connectivity index (χ1n) is 7.71. The maximum Gasteiger partial charge on any atom is 0.325 e. The smallest absolute Gasteiger partial charge is 0.325 e. The van der Waals surface area contributed by atoms with Gasteiger partial charge in [0.1, 0.15) is 6.54 Å². The largest absolute Gasteiger partial charge is 0.468 e. The van der Waals surface area contributed by atoms with Crippen molar-refractivity contribution in [3.8, 4) is 6.07 Å². The van der Waals surface area contributed by atoms with Gasteiger partial charge in [0.2, 0.25) is 5.95 Å². The lowest BCUT2D eigenvalue weighted by molar-refractivity contribution is -0.139. The molecule has 0 saturated carbocycles. The number of imidazole rings is 1. The number of H-pyrrole nitrogens is 1. The Labute approximate surface area is 148 Å². The van der Waals surface area contributed by atoms with Gasteiger partial charge < -0.3 is 20.4 Å². The number of nitrogens with zero attached hydrogens (tertiary/aromatic N) is 2. The molecule has 26 heavy (non-hydrogen) atoms. The Kier molecular flexibility index (Phi) is 4.80. The van der Waals surface area contributed by atoms with E-state index in [4.69, 9.17) is 5.26 Å². The van der Waals surface area contributed by atoms with E-state index in [0.29, 0.717) is 22.6 Å². The van der Waals surface area contributed by atoms with Gasteiger partial charge in [-0.25, -0.2) is 4.98 Å². The molecule has 0 saturated heterocycles. The van der Waals surface area contributed by atoms with Crippen LogP contribution in [-0.2, 0) is 9.53 Å². The molecule has 2 aromatic carbocycles. The van der Waals surface area contributed by atoms with Crippen LogP contribution in [0, 0.1) is 11.3 Å². The number of benzene rings is 2. The highest BCUT2D eigenvalue weighted by atomic mass is 16.5. The molecular weight excluding hydrogens is 334 g/mol. The van der Waals surface area contributed by atoms with Crippen molar-refractivity contribution < 1.29 is 14.3 Å². The fourth-order valence-electron chi connectivity index (χ4n) is 2.30. The van der Waals surface area contributed by atoms with Gasteiger partial charge in [0, 0.05) is 11.3 Å². The molecule has 0 atom stereocenters. The molecule has 0 aliphatic carbocycles. The third-order valence-corrected chi connectivity index (χ3v) is 3.64. The number of rotatable bonds is 5. The zero-order valence-electron chi connectivity index (χ0n) is 13.9. The molecular formula is C18H15N5O3. The number of nitrogens with one attached hydrogen (secondary N) is 3. The Hall–Kier alpha value is -3.86. The number of aromatic amines is 1. The lowest BCUT2D eigenvalue weighted by atomic mass is 10.2. The molecule has 3 aromatic rings. The third kappa shape index (κ3) is 3.79. The maximum atomic E-state index is 12.1. The zero-order valence-corrected chi connectivity index (χ0v) is 13.9. The number of hydrogen-bond acceptors (Lipinski definition) is 6. The molecule has 130 valence electrons. The van der Waals surface area contributed by atoms with Crippen molar-refractivity contribution >= 4 is 34.5 Å². The highest BCUT2D eigenvalue weighted by molar-refractivity contribution is 5.98. The molecule has 8 heteroatoms. The van der Waals surface area contributed by atoms with Crippen molar-refractivity contribution in [2.24, 2.45) is 0 Å². The fourth-order valence-corrected chi connectivity index (χ4v) is 2.30. The molecule has 0 bridgehead atoms. The lowest BCUT2D eigenvalue weighted by Crippen LogP contribution is -2.30. The highest BCUT2D eigenvalue weighted by Crippen LogP contribution is 2.20. The summed E-state index contributed by atoms with van der Waals surface area (Å²) in [6, 6.07) is 14.0. The minimum atomic E-state index is -0.520. The second-order valence-corrected chi connectivity index (χ2v) is 5.39. The minimum absolute atomic E-state index is 0.195. The van der Waals surface area contributed by atoms with Crippen LogP contribution in [0.2, 0.25) is 0 Å². The van der Waals surface area contributed by atoms with Gasteiger partial charge in [-0.2, -0.15) is 5.26 Å². The normalized spacial score (nSPS) is 10.2. The summed E-state index contributed by atoms with van der Waals surface area (Å²) >= 11 is 0. The van der Waals surface area contributed by atoms with E-state index in [9.17, 15) is 9.59 Å². The number of hydrogen-bond donors (Lipinski definition) is 3. The number of esters is 1. The number of aromatic nitrogens is 2. The Morgan fingerprint density at radius 3 is 2.69 bits per heavy atom. The average molecular weight is 349 g/mol.